The Hall–Kier alpha value is -1.59. The minimum atomic E-state index is -0.328. The van der Waals surface area contributed by atoms with Crippen LogP contribution in [0.4, 0.5) is 5.69 Å². The van der Waals surface area contributed by atoms with Crippen molar-refractivity contribution in [3.05, 3.63) is 28.8 Å². The van der Waals surface area contributed by atoms with Crippen molar-refractivity contribution in [1.82, 2.24) is 5.32 Å². The van der Waals surface area contributed by atoms with Gasteiger partial charge in [-0.15, -0.1) is 0 Å². The number of halogens is 1. The van der Waals surface area contributed by atoms with E-state index in [9.17, 15) is 9.59 Å². The highest BCUT2D eigenvalue weighted by atomic mass is 35.5. The Morgan fingerprint density at radius 1 is 1.33 bits per heavy atom. The first kappa shape index (κ1) is 14.5. The number of rotatable bonds is 5. The molecule has 1 aromatic rings. The third-order valence-corrected chi connectivity index (χ3v) is 2.53. The van der Waals surface area contributed by atoms with Crippen LogP contribution in [0.15, 0.2) is 18.2 Å². The Morgan fingerprint density at radius 2 is 2.06 bits per heavy atom. The highest BCUT2D eigenvalue weighted by molar-refractivity contribution is 6.33. The van der Waals surface area contributed by atoms with Crippen molar-refractivity contribution in [3.8, 4) is 0 Å². The van der Waals surface area contributed by atoms with E-state index in [0.717, 1.165) is 5.56 Å². The summed E-state index contributed by atoms with van der Waals surface area (Å²) in [5, 5.41) is 5.55. The van der Waals surface area contributed by atoms with Crippen molar-refractivity contribution >= 4 is 29.1 Å². The SMILES string of the molecule is Cc1ccc(NC(=O)CNC(=O)CCN)c(Cl)c1. The number of aryl methyl sites for hydroxylation is 1. The van der Waals surface area contributed by atoms with E-state index in [-0.39, 0.29) is 31.3 Å². The first-order valence-electron chi connectivity index (χ1n) is 5.55. The molecule has 0 saturated carbocycles. The lowest BCUT2D eigenvalue weighted by molar-refractivity contribution is -0.124. The molecule has 18 heavy (non-hydrogen) atoms. The Kier molecular flexibility index (Phi) is 5.61. The number of carbonyl (C=O) groups is 2. The van der Waals surface area contributed by atoms with Gasteiger partial charge in [-0.1, -0.05) is 17.7 Å². The van der Waals surface area contributed by atoms with E-state index < -0.39 is 0 Å². The Balaban J connectivity index is 2.47. The summed E-state index contributed by atoms with van der Waals surface area (Å²) in [7, 11) is 0. The van der Waals surface area contributed by atoms with Crippen molar-refractivity contribution in [2.75, 3.05) is 18.4 Å². The van der Waals surface area contributed by atoms with Gasteiger partial charge in [-0.05, 0) is 24.6 Å². The van der Waals surface area contributed by atoms with Crippen LogP contribution in [-0.2, 0) is 9.59 Å². The van der Waals surface area contributed by atoms with Gasteiger partial charge in [0.15, 0.2) is 0 Å². The molecule has 1 aromatic carbocycles. The minimum Gasteiger partial charge on any atom is -0.347 e. The van der Waals surface area contributed by atoms with Gasteiger partial charge < -0.3 is 16.4 Å². The Morgan fingerprint density at radius 3 is 2.67 bits per heavy atom. The number of hydrogen-bond acceptors (Lipinski definition) is 3. The molecule has 98 valence electrons. The topological polar surface area (TPSA) is 84.2 Å². The van der Waals surface area contributed by atoms with Crippen LogP contribution in [0.25, 0.3) is 0 Å². The van der Waals surface area contributed by atoms with E-state index >= 15 is 0 Å². The second-order valence-corrected chi connectivity index (χ2v) is 4.25. The number of carbonyl (C=O) groups excluding carboxylic acids is 2. The summed E-state index contributed by atoms with van der Waals surface area (Å²) >= 11 is 5.97. The number of amides is 2. The summed E-state index contributed by atoms with van der Waals surface area (Å²) < 4.78 is 0. The second-order valence-electron chi connectivity index (χ2n) is 3.85. The Bertz CT molecular complexity index is 449. The number of nitrogens with two attached hydrogens (primary N) is 1. The molecule has 0 radical (unpaired) electrons. The molecule has 0 aliphatic rings. The number of benzene rings is 1. The average molecular weight is 270 g/mol. The van der Waals surface area contributed by atoms with Crippen LogP contribution in [0, 0.1) is 6.92 Å². The zero-order valence-corrected chi connectivity index (χ0v) is 10.9. The van der Waals surface area contributed by atoms with Crippen molar-refractivity contribution in [2.24, 2.45) is 5.73 Å². The summed E-state index contributed by atoms with van der Waals surface area (Å²) in [6.45, 7) is 2.07. The molecule has 2 amide bonds. The molecule has 6 heteroatoms. The van der Waals surface area contributed by atoms with Crippen LogP contribution in [0.5, 0.6) is 0 Å². The molecule has 0 aliphatic carbocycles. The zero-order valence-electron chi connectivity index (χ0n) is 10.1. The highest BCUT2D eigenvalue weighted by Crippen LogP contribution is 2.22. The molecule has 5 nitrogen and oxygen atoms in total. The molecule has 0 heterocycles. The normalized spacial score (nSPS) is 9.94. The van der Waals surface area contributed by atoms with Gasteiger partial charge in [-0.3, -0.25) is 9.59 Å². The fraction of sp³-hybridized carbons (Fsp3) is 0.333. The third kappa shape index (κ3) is 4.73. The first-order valence-corrected chi connectivity index (χ1v) is 5.93. The van der Waals surface area contributed by atoms with Gasteiger partial charge in [0.25, 0.3) is 0 Å². The van der Waals surface area contributed by atoms with E-state index in [1.165, 1.54) is 0 Å². The van der Waals surface area contributed by atoms with Crippen LogP contribution in [-0.4, -0.2) is 24.9 Å². The quantitative estimate of drug-likeness (QED) is 0.747. The second kappa shape index (κ2) is 6.98. The molecular weight excluding hydrogens is 254 g/mol. The largest absolute Gasteiger partial charge is 0.347 e. The fourth-order valence-electron chi connectivity index (χ4n) is 1.31. The predicted octanol–water partition coefficient (Wildman–Crippen LogP) is 1.05. The molecule has 0 aromatic heterocycles. The molecule has 4 N–H and O–H groups in total. The molecule has 0 atom stereocenters. The van der Waals surface area contributed by atoms with Gasteiger partial charge in [-0.2, -0.15) is 0 Å². The van der Waals surface area contributed by atoms with E-state index in [1.54, 1.807) is 12.1 Å². The lowest BCUT2D eigenvalue weighted by atomic mass is 10.2. The standard InChI is InChI=1S/C12H16ClN3O2/c1-8-2-3-10(9(13)6-8)16-12(18)7-15-11(17)4-5-14/h2-3,6H,4-5,7,14H2,1H3,(H,15,17)(H,16,18). The maximum Gasteiger partial charge on any atom is 0.243 e. The van der Waals surface area contributed by atoms with E-state index in [0.29, 0.717) is 10.7 Å². The van der Waals surface area contributed by atoms with Crippen LogP contribution in [0.3, 0.4) is 0 Å². The minimum absolute atomic E-state index is 0.0942. The maximum atomic E-state index is 11.5. The molecule has 0 aliphatic heterocycles. The molecule has 0 unspecified atom stereocenters. The van der Waals surface area contributed by atoms with Gasteiger partial charge in [0, 0.05) is 13.0 Å². The molecule has 0 bridgehead atoms. The molecule has 0 fully saturated rings. The van der Waals surface area contributed by atoms with Gasteiger partial charge >= 0.3 is 0 Å². The summed E-state index contributed by atoms with van der Waals surface area (Å²) in [6, 6.07) is 5.32. The zero-order chi connectivity index (χ0) is 13.5. The number of nitrogens with one attached hydrogen (secondary N) is 2. The monoisotopic (exact) mass is 269 g/mol. The summed E-state index contributed by atoms with van der Waals surface area (Å²) in [4.78, 5) is 22.7. The van der Waals surface area contributed by atoms with Crippen LogP contribution < -0.4 is 16.4 Å². The lowest BCUT2D eigenvalue weighted by Crippen LogP contribution is -2.33. The summed E-state index contributed by atoms with van der Waals surface area (Å²) in [5.74, 6) is -0.575. The van der Waals surface area contributed by atoms with Gasteiger partial charge in [0.1, 0.15) is 0 Å². The lowest BCUT2D eigenvalue weighted by Gasteiger charge is -2.08. The maximum absolute atomic E-state index is 11.5. The number of anilines is 1. The number of hydrogen-bond donors (Lipinski definition) is 3. The van der Waals surface area contributed by atoms with E-state index in [1.807, 2.05) is 13.0 Å². The van der Waals surface area contributed by atoms with Crippen molar-refractivity contribution < 1.29 is 9.59 Å². The van der Waals surface area contributed by atoms with E-state index in [2.05, 4.69) is 10.6 Å². The molecular formula is C12H16ClN3O2. The van der Waals surface area contributed by atoms with Gasteiger partial charge in [-0.25, -0.2) is 0 Å². The predicted molar refractivity (Wildman–Crippen MR) is 71.5 cm³/mol. The van der Waals surface area contributed by atoms with Crippen molar-refractivity contribution in [1.29, 1.82) is 0 Å². The third-order valence-electron chi connectivity index (χ3n) is 2.22. The summed E-state index contributed by atoms with van der Waals surface area (Å²) in [6.07, 6.45) is 0.207. The van der Waals surface area contributed by atoms with Crippen LogP contribution in [0.1, 0.15) is 12.0 Å². The summed E-state index contributed by atoms with van der Waals surface area (Å²) in [5.41, 5.74) is 6.75. The first-order chi connectivity index (χ1) is 8.52. The van der Waals surface area contributed by atoms with Crippen molar-refractivity contribution in [3.63, 3.8) is 0 Å². The van der Waals surface area contributed by atoms with Crippen LogP contribution in [0.2, 0.25) is 5.02 Å². The van der Waals surface area contributed by atoms with Crippen molar-refractivity contribution in [2.45, 2.75) is 13.3 Å². The molecule has 0 saturated heterocycles. The smallest absolute Gasteiger partial charge is 0.243 e. The van der Waals surface area contributed by atoms with Gasteiger partial charge in [0.05, 0.1) is 17.3 Å². The fourth-order valence-corrected chi connectivity index (χ4v) is 1.60. The van der Waals surface area contributed by atoms with Crippen LogP contribution >= 0.6 is 11.6 Å². The molecule has 1 rings (SSSR count). The average Bonchev–Trinajstić information content (AvgIpc) is 2.31. The molecule has 0 spiro atoms. The van der Waals surface area contributed by atoms with Gasteiger partial charge in [0.2, 0.25) is 11.8 Å². The van der Waals surface area contributed by atoms with E-state index in [4.69, 9.17) is 17.3 Å². The highest BCUT2D eigenvalue weighted by Gasteiger charge is 2.07. The Labute approximate surface area is 111 Å².